The van der Waals surface area contributed by atoms with Crippen molar-refractivity contribution < 1.29 is 19.0 Å². The molecule has 8 nitrogen and oxygen atoms in total. The molecule has 2 aromatic heterocycles. The topological polar surface area (TPSA) is 78.7 Å². The predicted molar refractivity (Wildman–Crippen MR) is 98.3 cm³/mol. The number of hydrogen-bond acceptors (Lipinski definition) is 6. The minimum Gasteiger partial charge on any atom is -0.497 e. The molecule has 0 fully saturated rings. The maximum atomic E-state index is 13.2. The number of hydrogen-bond donors (Lipinski definition) is 0. The molecular weight excluding hydrogens is 348 g/mol. The van der Waals surface area contributed by atoms with Gasteiger partial charge in [0.1, 0.15) is 29.4 Å². The molecule has 4 rings (SSSR count). The quantitative estimate of drug-likeness (QED) is 0.704. The Hall–Kier alpha value is -3.29. The van der Waals surface area contributed by atoms with Crippen molar-refractivity contribution in [2.24, 2.45) is 7.05 Å². The fourth-order valence-electron chi connectivity index (χ4n) is 3.27. The molecule has 1 aromatic carbocycles. The number of nitrogens with zero attached hydrogens (tertiary/aromatic N) is 4. The third-order valence-electron chi connectivity index (χ3n) is 4.69. The van der Waals surface area contributed by atoms with Crippen LogP contribution in [0.5, 0.6) is 17.2 Å². The molecule has 0 unspecified atom stereocenters. The summed E-state index contributed by atoms with van der Waals surface area (Å²) in [6.07, 6.45) is 3.21. The molecule has 0 saturated heterocycles. The van der Waals surface area contributed by atoms with Crippen molar-refractivity contribution in [1.82, 2.24) is 19.7 Å². The van der Waals surface area contributed by atoms with Crippen molar-refractivity contribution in [3.63, 3.8) is 0 Å². The van der Waals surface area contributed by atoms with Crippen LogP contribution in [0.15, 0.2) is 30.6 Å². The average Bonchev–Trinajstić information content (AvgIpc) is 2.94. The van der Waals surface area contributed by atoms with Crippen LogP contribution in [0, 0.1) is 0 Å². The molecule has 1 amide bonds. The standard InChI is InChI=1S/C19H20N4O4/c1-22-18-14(10-21-22)17(26-3)15(9-20-18)19(24)23-6-7-27-16-8-13(25-2)5-4-12(16)11-23/h4-5,8-10H,6-7,11H2,1-3H3. The lowest BCUT2D eigenvalue weighted by atomic mass is 10.1. The van der Waals surface area contributed by atoms with Gasteiger partial charge in [0.15, 0.2) is 5.65 Å². The highest BCUT2D eigenvalue weighted by molar-refractivity contribution is 6.01. The van der Waals surface area contributed by atoms with Gasteiger partial charge >= 0.3 is 0 Å². The van der Waals surface area contributed by atoms with E-state index in [9.17, 15) is 4.79 Å². The Morgan fingerprint density at radius 3 is 2.85 bits per heavy atom. The fraction of sp³-hybridized carbons (Fsp3) is 0.316. The highest BCUT2D eigenvalue weighted by Gasteiger charge is 2.26. The molecule has 0 bridgehead atoms. The van der Waals surface area contributed by atoms with Crippen molar-refractivity contribution in [2.45, 2.75) is 6.54 Å². The molecule has 0 saturated carbocycles. The van der Waals surface area contributed by atoms with Crippen LogP contribution in [0.2, 0.25) is 0 Å². The zero-order chi connectivity index (χ0) is 19.0. The second kappa shape index (κ2) is 6.79. The lowest BCUT2D eigenvalue weighted by Crippen LogP contribution is -2.32. The van der Waals surface area contributed by atoms with Gasteiger partial charge in [0.25, 0.3) is 5.91 Å². The Morgan fingerprint density at radius 2 is 2.07 bits per heavy atom. The van der Waals surface area contributed by atoms with Gasteiger partial charge in [-0.25, -0.2) is 4.98 Å². The number of benzene rings is 1. The van der Waals surface area contributed by atoms with Gasteiger partial charge in [-0.1, -0.05) is 0 Å². The number of fused-ring (bicyclic) bond motifs is 2. The number of carbonyl (C=O) groups excluding carboxylic acids is 1. The Bertz CT molecular complexity index is 1010. The molecule has 1 aliphatic heterocycles. The summed E-state index contributed by atoms with van der Waals surface area (Å²) in [7, 11) is 4.96. The van der Waals surface area contributed by atoms with Gasteiger partial charge in [0.2, 0.25) is 0 Å². The Morgan fingerprint density at radius 1 is 1.22 bits per heavy atom. The number of methoxy groups -OCH3 is 2. The predicted octanol–water partition coefficient (Wildman–Crippen LogP) is 2.02. The molecule has 0 atom stereocenters. The summed E-state index contributed by atoms with van der Waals surface area (Å²) >= 11 is 0. The zero-order valence-electron chi connectivity index (χ0n) is 15.4. The number of amides is 1. The van der Waals surface area contributed by atoms with E-state index in [-0.39, 0.29) is 5.91 Å². The molecule has 27 heavy (non-hydrogen) atoms. The molecule has 3 heterocycles. The highest BCUT2D eigenvalue weighted by atomic mass is 16.5. The fourth-order valence-corrected chi connectivity index (χ4v) is 3.27. The van der Waals surface area contributed by atoms with Crippen molar-refractivity contribution in [1.29, 1.82) is 0 Å². The van der Waals surface area contributed by atoms with Crippen LogP contribution in [0.1, 0.15) is 15.9 Å². The molecule has 3 aromatic rings. The summed E-state index contributed by atoms with van der Waals surface area (Å²) < 4.78 is 18.2. The first kappa shape index (κ1) is 17.1. The van der Waals surface area contributed by atoms with Crippen LogP contribution >= 0.6 is 0 Å². The number of aromatic nitrogens is 3. The molecule has 8 heteroatoms. The molecule has 0 aliphatic carbocycles. The summed E-state index contributed by atoms with van der Waals surface area (Å²) in [5, 5.41) is 4.91. The van der Waals surface area contributed by atoms with E-state index in [0.29, 0.717) is 42.0 Å². The first-order chi connectivity index (χ1) is 13.1. The van der Waals surface area contributed by atoms with E-state index in [1.807, 2.05) is 18.2 Å². The van der Waals surface area contributed by atoms with E-state index in [1.54, 1.807) is 43.2 Å². The Balaban J connectivity index is 1.69. The van der Waals surface area contributed by atoms with Crippen LogP contribution < -0.4 is 14.2 Å². The van der Waals surface area contributed by atoms with Crippen molar-refractivity contribution in [3.05, 3.63) is 41.7 Å². The van der Waals surface area contributed by atoms with Crippen LogP contribution in [0.4, 0.5) is 0 Å². The van der Waals surface area contributed by atoms with Gasteiger partial charge in [-0.2, -0.15) is 5.10 Å². The molecule has 140 valence electrons. The van der Waals surface area contributed by atoms with E-state index in [4.69, 9.17) is 14.2 Å². The maximum absolute atomic E-state index is 13.2. The van der Waals surface area contributed by atoms with Crippen LogP contribution in [-0.4, -0.2) is 52.9 Å². The minimum atomic E-state index is -0.155. The third kappa shape index (κ3) is 2.92. The van der Waals surface area contributed by atoms with Crippen molar-refractivity contribution in [3.8, 4) is 17.2 Å². The molecule has 0 spiro atoms. The number of pyridine rings is 1. The van der Waals surface area contributed by atoms with Crippen molar-refractivity contribution in [2.75, 3.05) is 27.4 Å². The smallest absolute Gasteiger partial charge is 0.259 e. The Labute approximate surface area is 156 Å². The van der Waals surface area contributed by atoms with E-state index in [0.717, 1.165) is 17.1 Å². The molecular formula is C19H20N4O4. The lowest BCUT2D eigenvalue weighted by Gasteiger charge is -2.21. The monoisotopic (exact) mass is 368 g/mol. The molecule has 0 radical (unpaired) electrons. The number of ether oxygens (including phenoxy) is 3. The number of rotatable bonds is 3. The second-order valence-corrected chi connectivity index (χ2v) is 6.26. The van der Waals surface area contributed by atoms with Gasteiger partial charge in [-0.3, -0.25) is 9.48 Å². The first-order valence-electron chi connectivity index (χ1n) is 8.56. The first-order valence-corrected chi connectivity index (χ1v) is 8.56. The van der Waals surface area contributed by atoms with E-state index in [1.165, 1.54) is 0 Å². The van der Waals surface area contributed by atoms with Gasteiger partial charge < -0.3 is 19.1 Å². The van der Waals surface area contributed by atoms with Crippen LogP contribution in [-0.2, 0) is 13.6 Å². The highest BCUT2D eigenvalue weighted by Crippen LogP contribution is 2.31. The lowest BCUT2D eigenvalue weighted by molar-refractivity contribution is 0.0729. The van der Waals surface area contributed by atoms with Crippen LogP contribution in [0.3, 0.4) is 0 Å². The summed E-state index contributed by atoms with van der Waals surface area (Å²) in [4.78, 5) is 19.3. The SMILES string of the molecule is COc1ccc2c(c1)OCCN(C(=O)c1cnc3c(cnn3C)c1OC)C2. The minimum absolute atomic E-state index is 0.155. The third-order valence-corrected chi connectivity index (χ3v) is 4.69. The zero-order valence-corrected chi connectivity index (χ0v) is 15.4. The van der Waals surface area contributed by atoms with Gasteiger partial charge in [-0.15, -0.1) is 0 Å². The molecule has 0 N–H and O–H groups in total. The van der Waals surface area contributed by atoms with Crippen molar-refractivity contribution >= 4 is 16.9 Å². The van der Waals surface area contributed by atoms with Crippen LogP contribution in [0.25, 0.3) is 11.0 Å². The molecule has 1 aliphatic rings. The number of carbonyl (C=O) groups is 1. The van der Waals surface area contributed by atoms with E-state index >= 15 is 0 Å². The van der Waals surface area contributed by atoms with Gasteiger partial charge in [0.05, 0.1) is 32.3 Å². The summed E-state index contributed by atoms with van der Waals surface area (Å²) in [6.45, 7) is 1.30. The van der Waals surface area contributed by atoms with E-state index < -0.39 is 0 Å². The summed E-state index contributed by atoms with van der Waals surface area (Å²) in [5.41, 5.74) is 2.01. The second-order valence-electron chi connectivity index (χ2n) is 6.26. The maximum Gasteiger partial charge on any atom is 0.259 e. The van der Waals surface area contributed by atoms with E-state index in [2.05, 4.69) is 10.1 Å². The average molecular weight is 368 g/mol. The summed E-state index contributed by atoms with van der Waals surface area (Å²) in [6, 6.07) is 5.62. The van der Waals surface area contributed by atoms with Gasteiger partial charge in [0, 0.05) is 31.4 Å². The number of aryl methyl sites for hydroxylation is 1. The van der Waals surface area contributed by atoms with Gasteiger partial charge in [-0.05, 0) is 12.1 Å². The summed E-state index contributed by atoms with van der Waals surface area (Å²) in [5.74, 6) is 1.79. The Kier molecular flexibility index (Phi) is 4.31. The largest absolute Gasteiger partial charge is 0.497 e. The normalized spacial score (nSPS) is 13.7.